The number of carboxylic acid groups (broad SMARTS) is 1. The first-order valence-corrected chi connectivity index (χ1v) is 36.0. The summed E-state index contributed by atoms with van der Waals surface area (Å²) in [5.74, 6) is -14.7. The lowest BCUT2D eigenvalue weighted by Crippen LogP contribution is -2.70. The van der Waals surface area contributed by atoms with Gasteiger partial charge in [-0.2, -0.15) is 11.8 Å². The SMILES string of the molecule is CC[C@H](C)[C@@H]1NC(=O)CNC(=O)[C@H](CCCCN)NC(=O)[C@H](CCC(=O)O)NC(=O)[C@H]([C@@H](C)O)NC(=O)CNC(=O)[C@H]2NC(=O)[C@@H](NC(=O)CNC(=O)CSCCNC(=O)[C@H](Cc3cnc[nH]3)NC(=O)[C@H](Cc3cnc[nH]3)NC(=O)CNC(=O)[C@H](Cc3c[nH]c4ccccc34)NC1=O)[C@H](CC)[C@]2(C)CC. The molecule has 574 valence electrons. The van der Waals surface area contributed by atoms with E-state index in [1.54, 1.807) is 65.1 Å². The number of benzene rings is 1. The van der Waals surface area contributed by atoms with E-state index in [4.69, 9.17) is 5.73 Å². The number of unbranched alkanes of at least 4 members (excludes halogenated alkanes) is 1. The highest BCUT2D eigenvalue weighted by Gasteiger charge is 2.53. The van der Waals surface area contributed by atoms with E-state index >= 15 is 0 Å². The number of aromatic amines is 3. The molecule has 0 aliphatic carbocycles. The number of aliphatic hydroxyl groups is 1. The summed E-state index contributed by atoms with van der Waals surface area (Å²) in [5, 5.41) is 57.0. The third-order valence-corrected chi connectivity index (χ3v) is 19.4. The molecule has 0 spiro atoms. The van der Waals surface area contributed by atoms with Crippen LogP contribution in [-0.4, -0.2) is 235 Å². The Kier molecular flexibility index (Phi) is 32.7. The van der Waals surface area contributed by atoms with Gasteiger partial charge in [-0.15, -0.1) is 0 Å². The van der Waals surface area contributed by atoms with E-state index in [0.29, 0.717) is 40.7 Å². The molecule has 0 saturated carbocycles. The highest BCUT2D eigenvalue weighted by Crippen LogP contribution is 2.42. The molecule has 3 saturated heterocycles. The number of nitrogens with zero attached hydrogens (tertiary/aromatic N) is 2. The van der Waals surface area contributed by atoms with Crippen LogP contribution in [0.25, 0.3) is 10.9 Å². The highest BCUT2D eigenvalue weighted by atomic mass is 32.2. The Labute approximate surface area is 609 Å². The van der Waals surface area contributed by atoms with Crippen LogP contribution in [0, 0.1) is 17.3 Å². The fraction of sp³-hybridized carbons (Fsp3) is 0.567. The molecule has 3 fully saturated rings. The molecule has 3 aliphatic heterocycles. The van der Waals surface area contributed by atoms with Gasteiger partial charge in [0.2, 0.25) is 82.7 Å². The normalized spacial score (nSPS) is 25.9. The quantitative estimate of drug-likeness (QED) is 0.0328. The van der Waals surface area contributed by atoms with Gasteiger partial charge in [0, 0.05) is 84.3 Å². The average molecular weight is 1490 g/mol. The number of piperidine rings is 1. The van der Waals surface area contributed by atoms with Crippen molar-refractivity contribution in [2.75, 3.05) is 50.8 Å². The van der Waals surface area contributed by atoms with Crippen molar-refractivity contribution < 1.29 is 82.1 Å². The largest absolute Gasteiger partial charge is 0.481 e. The smallest absolute Gasteiger partial charge is 0.303 e. The number of hydrogen-bond acceptors (Lipinski definition) is 20. The van der Waals surface area contributed by atoms with Crippen molar-refractivity contribution >= 4 is 111 Å². The Balaban J connectivity index is 1.27. The molecule has 38 heteroatoms. The number of carboxylic acids is 1. The number of imidazole rings is 2. The van der Waals surface area contributed by atoms with E-state index in [9.17, 15) is 82.1 Å². The molecule has 13 atom stereocenters. The molecule has 0 radical (unpaired) electrons. The summed E-state index contributed by atoms with van der Waals surface area (Å²) in [7, 11) is 0. The summed E-state index contributed by atoms with van der Waals surface area (Å²) in [4.78, 5) is 224. The number of hydrogen-bond donors (Lipinski definition) is 20. The lowest BCUT2D eigenvalue weighted by molar-refractivity contribution is -0.145. The fourth-order valence-corrected chi connectivity index (χ4v) is 12.9. The van der Waals surface area contributed by atoms with Gasteiger partial charge in [-0.25, -0.2) is 9.97 Å². The minimum absolute atomic E-state index is 0.00700. The molecule has 6 heterocycles. The van der Waals surface area contributed by atoms with Crippen molar-refractivity contribution in [3.63, 3.8) is 0 Å². The molecule has 105 heavy (non-hydrogen) atoms. The first kappa shape index (κ1) is 83.4. The Morgan fingerprint density at radius 2 is 1.10 bits per heavy atom. The van der Waals surface area contributed by atoms with Crippen LogP contribution in [0.5, 0.6) is 0 Å². The third kappa shape index (κ3) is 25.1. The summed E-state index contributed by atoms with van der Waals surface area (Å²) in [6.07, 6.45) is 5.17. The molecule has 7 rings (SSSR count). The number of fused-ring (bicyclic) bond motifs is 43. The monoisotopic (exact) mass is 1490 g/mol. The number of para-hydroxylation sites is 1. The van der Waals surface area contributed by atoms with Gasteiger partial charge < -0.3 is 105 Å². The standard InChI is InChI=1S/C67H98N20O17S/c1-7-35(4)54-63(101)83-45(22-37-25-72-42-15-11-10-14-40(37)42)60(98)75-29-48(89)79-47(24-39-27-70-34-78-39)62(100)82-46(23-38-26-69-33-77-38)59(97)71-20-21-105-32-52(93)73-28-49(90)86-56-41(8-2)67(6,9-3)57(87-65(56)103)66(104)76-31-51(92)85-55(36(5)88)64(102)81-44(17-18-53(94)95)61(99)80-43(16-12-13-19-68)58(96)74-30-50(91)84-54/h10-11,14-15,25-27,33-36,41,43-47,54-57,72,88H,7-9,12-13,16-24,28-32,68H2,1-6H3,(H,69,77)(H,70,78)(H,71,97)(H,73,93)(H,74,96)(H,75,98)(H,76,104)(H,79,89)(H,80,99)(H,81,102)(H,82,100)(H,83,101)(H,84,91)(H,85,92)(H,86,90)(H,87,103)(H,94,95)/t35-,36+,41-,43-,44-,45-,46-,47-,54-,55-,56-,57+,67-/m0/s1. The Morgan fingerprint density at radius 3 is 1.70 bits per heavy atom. The van der Waals surface area contributed by atoms with Crippen molar-refractivity contribution in [2.24, 2.45) is 23.0 Å². The lowest BCUT2D eigenvalue weighted by Gasteiger charge is -2.49. The van der Waals surface area contributed by atoms with Crippen LogP contribution >= 0.6 is 11.8 Å². The zero-order chi connectivity index (χ0) is 76.9. The number of amides is 14. The van der Waals surface area contributed by atoms with Gasteiger partial charge in [0.15, 0.2) is 0 Å². The van der Waals surface area contributed by atoms with Crippen molar-refractivity contribution in [2.45, 2.75) is 173 Å². The van der Waals surface area contributed by atoms with Crippen LogP contribution in [0.15, 0.2) is 55.5 Å². The van der Waals surface area contributed by atoms with Gasteiger partial charge in [-0.05, 0) is 69.0 Å². The van der Waals surface area contributed by atoms with Gasteiger partial charge in [-0.3, -0.25) is 71.9 Å². The number of nitrogens with two attached hydrogens (primary N) is 1. The number of carbonyl (C=O) groups is 15. The summed E-state index contributed by atoms with van der Waals surface area (Å²) in [6, 6.07) is -5.79. The summed E-state index contributed by atoms with van der Waals surface area (Å²) in [5.41, 5.74) is 6.82. The molecule has 1 aromatic carbocycles. The predicted molar refractivity (Wildman–Crippen MR) is 379 cm³/mol. The number of aromatic nitrogens is 5. The third-order valence-electron chi connectivity index (χ3n) is 18.5. The second kappa shape index (κ2) is 41.1. The molecule has 14 amide bonds. The maximum Gasteiger partial charge on any atom is 0.303 e. The first-order valence-electron chi connectivity index (χ1n) is 34.8. The zero-order valence-electron chi connectivity index (χ0n) is 59.5. The fourth-order valence-electron chi connectivity index (χ4n) is 12.3. The number of H-pyrrole nitrogens is 3. The predicted octanol–water partition coefficient (Wildman–Crippen LogP) is -4.79. The number of rotatable bonds is 18. The molecule has 3 aliphatic rings. The van der Waals surface area contributed by atoms with Crippen LogP contribution in [0.1, 0.15) is 110 Å². The second-order valence-corrected chi connectivity index (χ2v) is 27.2. The summed E-state index contributed by atoms with van der Waals surface area (Å²) < 4.78 is 0. The number of nitrogens with one attached hydrogen (secondary N) is 17. The second-order valence-electron chi connectivity index (χ2n) is 26.1. The van der Waals surface area contributed by atoms with Crippen LogP contribution in [-0.2, 0) is 91.2 Å². The van der Waals surface area contributed by atoms with Gasteiger partial charge in [0.1, 0.15) is 54.4 Å². The van der Waals surface area contributed by atoms with E-state index in [-0.39, 0.29) is 69.5 Å². The van der Waals surface area contributed by atoms with Gasteiger partial charge in [-0.1, -0.05) is 65.7 Å². The summed E-state index contributed by atoms with van der Waals surface area (Å²) >= 11 is 1.10. The topological polar surface area (TPSA) is 564 Å². The van der Waals surface area contributed by atoms with Gasteiger partial charge in [0.25, 0.3) is 0 Å². The molecule has 3 aromatic heterocycles. The van der Waals surface area contributed by atoms with Crippen LogP contribution < -0.4 is 80.2 Å². The number of carbonyl (C=O) groups excluding carboxylic acids is 14. The van der Waals surface area contributed by atoms with Crippen molar-refractivity contribution in [1.29, 1.82) is 0 Å². The van der Waals surface area contributed by atoms with Gasteiger partial charge >= 0.3 is 5.97 Å². The first-order chi connectivity index (χ1) is 50.1. The van der Waals surface area contributed by atoms with E-state index in [2.05, 4.69) is 99.4 Å². The van der Waals surface area contributed by atoms with Crippen molar-refractivity contribution in [3.8, 4) is 0 Å². The van der Waals surface area contributed by atoms with Crippen molar-refractivity contribution in [3.05, 3.63) is 72.5 Å². The molecule has 21 N–H and O–H groups in total. The van der Waals surface area contributed by atoms with Crippen LogP contribution in [0.4, 0.5) is 0 Å². The molecule has 4 aromatic rings. The van der Waals surface area contributed by atoms with E-state index < -0.39 is 205 Å². The van der Waals surface area contributed by atoms with Crippen LogP contribution in [0.3, 0.4) is 0 Å². The van der Waals surface area contributed by atoms with Gasteiger partial charge in [0.05, 0.1) is 50.7 Å². The Hall–Kier alpha value is -10.5. The Morgan fingerprint density at radius 1 is 0.571 bits per heavy atom. The minimum Gasteiger partial charge on any atom is -0.481 e. The maximum absolute atomic E-state index is 14.6. The lowest BCUT2D eigenvalue weighted by atomic mass is 9.62. The van der Waals surface area contributed by atoms with E-state index in [1.807, 2.05) is 0 Å². The number of aliphatic carboxylic acids is 1. The maximum atomic E-state index is 14.6. The molecule has 2 bridgehead atoms. The molecular weight excluding hydrogens is 1390 g/mol. The summed E-state index contributed by atoms with van der Waals surface area (Å²) in [6.45, 7) is 7.01. The van der Waals surface area contributed by atoms with Crippen LogP contribution in [0.2, 0.25) is 0 Å². The van der Waals surface area contributed by atoms with E-state index in [1.165, 1.54) is 25.0 Å². The number of thioether (sulfide) groups is 1. The zero-order valence-corrected chi connectivity index (χ0v) is 60.3. The molecule has 0 unspecified atom stereocenters. The molecule has 37 nitrogen and oxygen atoms in total. The van der Waals surface area contributed by atoms with Crippen molar-refractivity contribution in [1.82, 2.24) is 99.4 Å². The van der Waals surface area contributed by atoms with E-state index in [0.717, 1.165) is 18.7 Å². The highest BCUT2D eigenvalue weighted by molar-refractivity contribution is 7.99. The Bertz CT molecular complexity index is 3690. The molecular formula is C67H98N20O17S. The minimum atomic E-state index is -1.83. The number of aliphatic hydroxyl groups excluding tert-OH is 1. The average Bonchev–Trinajstić information content (AvgIpc) is 1.22.